The Hall–Kier alpha value is -4.44. The normalized spacial score (nSPS) is 15.2. The monoisotopic (exact) mass is 473 g/mol. The summed E-state index contributed by atoms with van der Waals surface area (Å²) in [6.07, 6.45) is -0.539. The maximum absolute atomic E-state index is 6.35. The van der Waals surface area contributed by atoms with Gasteiger partial charge in [-0.3, -0.25) is 0 Å². The van der Waals surface area contributed by atoms with E-state index in [9.17, 15) is 0 Å². The molecule has 180 valence electrons. The summed E-state index contributed by atoms with van der Waals surface area (Å²) >= 11 is 0. The van der Waals surface area contributed by atoms with E-state index in [4.69, 9.17) is 24.9 Å². The minimum atomic E-state index is -0.539. The Morgan fingerprint density at radius 3 is 2.31 bits per heavy atom. The topological polar surface area (TPSA) is 111 Å². The second-order valence-corrected chi connectivity index (χ2v) is 7.88. The van der Waals surface area contributed by atoms with E-state index in [0.717, 1.165) is 16.6 Å². The lowest BCUT2D eigenvalue weighted by Crippen LogP contribution is -2.47. The molecule has 10 heteroatoms. The summed E-state index contributed by atoms with van der Waals surface area (Å²) in [6, 6.07) is 21.8. The van der Waals surface area contributed by atoms with E-state index in [2.05, 4.69) is 32.4 Å². The Bertz CT molecular complexity index is 1350. The largest absolute Gasteiger partial charge is 0.493 e. The molecule has 0 saturated heterocycles. The molecule has 0 bridgehead atoms. The highest BCUT2D eigenvalue weighted by Crippen LogP contribution is 2.40. The number of methoxy groups -OCH3 is 3. The van der Waals surface area contributed by atoms with Gasteiger partial charge in [-0.2, -0.15) is 5.43 Å². The van der Waals surface area contributed by atoms with Crippen molar-refractivity contribution >= 4 is 28.6 Å². The first kappa shape index (κ1) is 22.4. The molecule has 1 aromatic heterocycles. The van der Waals surface area contributed by atoms with E-state index < -0.39 is 6.29 Å². The number of benzene rings is 3. The van der Waals surface area contributed by atoms with Crippen LogP contribution < -0.4 is 35.7 Å². The van der Waals surface area contributed by atoms with Gasteiger partial charge in [-0.15, -0.1) is 0 Å². The first-order valence-electron chi connectivity index (χ1n) is 11.1. The van der Waals surface area contributed by atoms with Gasteiger partial charge in [0, 0.05) is 17.8 Å². The number of nitrogens with one attached hydrogen (secondary N) is 2. The number of ether oxygens (including phenoxy) is 3. The highest BCUT2D eigenvalue weighted by molar-refractivity contribution is 5.96. The Morgan fingerprint density at radius 2 is 1.63 bits per heavy atom. The fraction of sp³-hybridized carbons (Fsp3) is 0.200. The van der Waals surface area contributed by atoms with Crippen LogP contribution in [-0.2, 0) is 6.54 Å². The molecule has 4 aromatic rings. The van der Waals surface area contributed by atoms with Gasteiger partial charge in [-0.1, -0.05) is 42.5 Å². The Labute approximate surface area is 202 Å². The van der Waals surface area contributed by atoms with Crippen LogP contribution >= 0.6 is 0 Å². The van der Waals surface area contributed by atoms with Crippen molar-refractivity contribution in [1.29, 1.82) is 0 Å². The number of guanidine groups is 1. The number of hydrogen-bond acceptors (Lipinski definition) is 9. The van der Waals surface area contributed by atoms with Gasteiger partial charge in [0.25, 0.3) is 0 Å². The number of fused-ring (bicyclic) bond motifs is 1. The average molecular weight is 474 g/mol. The molecule has 0 radical (unpaired) electrons. The lowest BCUT2D eigenvalue weighted by molar-refractivity contribution is 0.324. The van der Waals surface area contributed by atoms with Crippen molar-refractivity contribution in [3.8, 4) is 17.2 Å². The molecule has 0 fully saturated rings. The first-order chi connectivity index (χ1) is 17.1. The molecule has 5 rings (SSSR count). The molecule has 1 unspecified atom stereocenters. The molecule has 4 N–H and O–H groups in total. The van der Waals surface area contributed by atoms with E-state index in [1.165, 1.54) is 0 Å². The molecular weight excluding hydrogens is 446 g/mol. The number of imidazole rings is 1. The third kappa shape index (κ3) is 4.26. The van der Waals surface area contributed by atoms with Gasteiger partial charge >= 0.3 is 0 Å². The highest BCUT2D eigenvalue weighted by Gasteiger charge is 2.29. The van der Waals surface area contributed by atoms with Crippen molar-refractivity contribution in [3.05, 3.63) is 72.3 Å². The molecule has 1 aliphatic rings. The quantitative estimate of drug-likeness (QED) is 0.358. The third-order valence-corrected chi connectivity index (χ3v) is 5.73. The molecule has 1 aliphatic heterocycles. The molecular formula is C25H27N7O3. The van der Waals surface area contributed by atoms with E-state index >= 15 is 0 Å². The predicted molar refractivity (Wildman–Crippen MR) is 136 cm³/mol. The number of nitrogens with two attached hydrogens (primary N) is 1. The van der Waals surface area contributed by atoms with E-state index in [1.807, 2.05) is 54.6 Å². The summed E-state index contributed by atoms with van der Waals surface area (Å²) in [6.45, 7) is 0.632. The van der Waals surface area contributed by atoms with Crippen LogP contribution in [0, 0.1) is 0 Å². The number of nitrogens with zero attached hydrogens (tertiary/aromatic N) is 4. The second-order valence-electron chi connectivity index (χ2n) is 7.88. The Morgan fingerprint density at radius 1 is 0.943 bits per heavy atom. The van der Waals surface area contributed by atoms with Crippen LogP contribution in [-0.4, -0.2) is 43.1 Å². The standard InChI is InChI=1S/C25H27N7O3/c1-33-20-13-17(14-21(34-2)22(20)35-3)27-24-29-23(26)32(30-24)25-28-18-11-7-8-12-19(18)31(25)15-16-9-5-4-6-10-16/h4-14,24,27,30H,15H2,1-3H3,(H2,26,29). The minimum absolute atomic E-state index is 0.291. The Kier molecular flexibility index (Phi) is 6.02. The van der Waals surface area contributed by atoms with Crippen LogP contribution in [0.25, 0.3) is 11.0 Å². The van der Waals surface area contributed by atoms with Crippen molar-refractivity contribution in [2.24, 2.45) is 10.7 Å². The Balaban J connectivity index is 1.44. The molecule has 0 amide bonds. The van der Waals surface area contributed by atoms with Crippen molar-refractivity contribution in [2.75, 3.05) is 31.7 Å². The number of aromatic nitrogens is 2. The summed E-state index contributed by atoms with van der Waals surface area (Å²) in [5.74, 6) is 2.51. The maximum atomic E-state index is 6.35. The van der Waals surface area contributed by atoms with E-state index in [0.29, 0.717) is 41.4 Å². The first-order valence-corrected chi connectivity index (χ1v) is 11.1. The van der Waals surface area contributed by atoms with Gasteiger partial charge in [-0.25, -0.2) is 15.0 Å². The van der Waals surface area contributed by atoms with Crippen molar-refractivity contribution in [3.63, 3.8) is 0 Å². The van der Waals surface area contributed by atoms with Crippen molar-refractivity contribution in [1.82, 2.24) is 15.0 Å². The fourth-order valence-corrected chi connectivity index (χ4v) is 4.11. The number of rotatable bonds is 8. The van der Waals surface area contributed by atoms with Crippen LogP contribution in [0.2, 0.25) is 0 Å². The maximum Gasteiger partial charge on any atom is 0.229 e. The highest BCUT2D eigenvalue weighted by atomic mass is 16.5. The molecule has 35 heavy (non-hydrogen) atoms. The molecule has 10 nitrogen and oxygen atoms in total. The van der Waals surface area contributed by atoms with Crippen LogP contribution in [0.3, 0.4) is 0 Å². The van der Waals surface area contributed by atoms with Gasteiger partial charge in [-0.05, 0) is 17.7 Å². The number of hydrogen-bond donors (Lipinski definition) is 3. The number of para-hydroxylation sites is 2. The summed E-state index contributed by atoms with van der Waals surface area (Å²) < 4.78 is 18.4. The number of aliphatic imine (C=N–C) groups is 1. The summed E-state index contributed by atoms with van der Waals surface area (Å²) in [4.78, 5) is 9.39. The van der Waals surface area contributed by atoms with Crippen LogP contribution in [0.1, 0.15) is 5.56 Å². The zero-order chi connectivity index (χ0) is 24.4. The molecule has 1 atom stereocenters. The van der Waals surface area contributed by atoms with Gasteiger partial charge < -0.3 is 29.8 Å². The summed E-state index contributed by atoms with van der Waals surface area (Å²) in [7, 11) is 4.71. The number of hydrazine groups is 1. The van der Waals surface area contributed by atoms with Crippen molar-refractivity contribution < 1.29 is 14.2 Å². The number of anilines is 2. The van der Waals surface area contributed by atoms with Gasteiger partial charge in [0.15, 0.2) is 17.8 Å². The zero-order valence-corrected chi connectivity index (χ0v) is 19.7. The molecule has 2 heterocycles. The predicted octanol–water partition coefficient (Wildman–Crippen LogP) is 3.15. The smallest absolute Gasteiger partial charge is 0.229 e. The molecule has 0 aliphatic carbocycles. The minimum Gasteiger partial charge on any atom is -0.493 e. The van der Waals surface area contributed by atoms with Gasteiger partial charge in [0.05, 0.1) is 38.9 Å². The molecule has 3 aromatic carbocycles. The van der Waals surface area contributed by atoms with E-state index in [1.54, 1.807) is 26.3 Å². The summed E-state index contributed by atoms with van der Waals surface area (Å²) in [5, 5.41) is 4.99. The lowest BCUT2D eigenvalue weighted by Gasteiger charge is -2.21. The lowest BCUT2D eigenvalue weighted by atomic mass is 10.2. The molecule has 0 spiro atoms. The van der Waals surface area contributed by atoms with Gasteiger partial charge in [0.2, 0.25) is 17.7 Å². The van der Waals surface area contributed by atoms with E-state index in [-0.39, 0.29) is 0 Å². The third-order valence-electron chi connectivity index (χ3n) is 5.73. The molecule has 0 saturated carbocycles. The van der Waals surface area contributed by atoms with Crippen LogP contribution in [0.4, 0.5) is 11.6 Å². The summed E-state index contributed by atoms with van der Waals surface area (Å²) in [5.41, 5.74) is 13.4. The SMILES string of the molecule is COc1cc(NC2N=C(N)N(c3nc4ccccc4n3Cc3ccccc3)N2)cc(OC)c1OC. The van der Waals surface area contributed by atoms with Gasteiger partial charge in [0.1, 0.15) is 0 Å². The van der Waals surface area contributed by atoms with Crippen molar-refractivity contribution in [2.45, 2.75) is 12.8 Å². The van der Waals surface area contributed by atoms with Crippen LogP contribution in [0.5, 0.6) is 17.2 Å². The zero-order valence-electron chi connectivity index (χ0n) is 19.7. The average Bonchev–Trinajstić information content (AvgIpc) is 3.43. The fourth-order valence-electron chi connectivity index (χ4n) is 4.11. The second kappa shape index (κ2) is 9.43. The van der Waals surface area contributed by atoms with Crippen LogP contribution in [0.15, 0.2) is 71.7 Å².